The lowest BCUT2D eigenvalue weighted by Crippen LogP contribution is -2.28. The van der Waals surface area contributed by atoms with Gasteiger partial charge in [0.2, 0.25) is 0 Å². The van der Waals surface area contributed by atoms with Gasteiger partial charge in [0.1, 0.15) is 5.75 Å². The molecule has 0 aliphatic heterocycles. The number of hydrogen-bond donors (Lipinski definition) is 0. The molecule has 3 rings (SSSR count). The summed E-state index contributed by atoms with van der Waals surface area (Å²) >= 11 is 5.95. The first-order chi connectivity index (χ1) is 14.5. The van der Waals surface area contributed by atoms with Crippen molar-refractivity contribution in [3.8, 4) is 5.75 Å². The van der Waals surface area contributed by atoms with E-state index >= 15 is 0 Å². The number of benzene rings is 3. The molecule has 0 bridgehead atoms. The first kappa shape index (κ1) is 22.8. The highest BCUT2D eigenvalue weighted by molar-refractivity contribution is 7.88. The Morgan fingerprint density at radius 2 is 1.35 bits per heavy atom. The molecule has 31 heavy (non-hydrogen) atoms. The van der Waals surface area contributed by atoms with Crippen molar-refractivity contribution in [2.75, 3.05) is 0 Å². The second kappa shape index (κ2) is 8.72. The molecule has 0 heterocycles. The predicted molar refractivity (Wildman–Crippen MR) is 111 cm³/mol. The van der Waals surface area contributed by atoms with Crippen LogP contribution in [0.25, 0.3) is 0 Å². The van der Waals surface area contributed by atoms with E-state index in [0.717, 1.165) is 17.7 Å². The summed E-state index contributed by atoms with van der Waals surface area (Å²) in [6.07, 6.45) is 0. The molecule has 3 aromatic carbocycles. The van der Waals surface area contributed by atoms with Crippen LogP contribution in [0, 0.1) is 6.92 Å². The quantitative estimate of drug-likeness (QED) is 0.257. The Morgan fingerprint density at radius 1 is 0.871 bits per heavy atom. The number of carbonyl (C=O) groups is 1. The second-order valence-corrected chi connectivity index (χ2v) is 8.74. The van der Waals surface area contributed by atoms with Crippen molar-refractivity contribution < 1.29 is 30.6 Å². The number of hydrogen-bond acceptors (Lipinski definition) is 4. The Hall–Kier alpha value is -2.84. The number of Topliss-reactive ketones (excluding diaryl/α,β-unsaturated/α-hetero) is 1. The maximum absolute atomic E-state index is 13.3. The van der Waals surface area contributed by atoms with Crippen LogP contribution in [0.4, 0.5) is 13.2 Å². The molecule has 1 unspecified atom stereocenters. The molecule has 0 spiro atoms. The summed E-state index contributed by atoms with van der Waals surface area (Å²) in [6, 6.07) is 18.4. The van der Waals surface area contributed by atoms with Crippen LogP contribution in [0.1, 0.15) is 33.0 Å². The summed E-state index contributed by atoms with van der Waals surface area (Å²) in [7, 11) is -5.79. The minimum Gasteiger partial charge on any atom is -0.376 e. The fourth-order valence-electron chi connectivity index (χ4n) is 2.92. The Balaban J connectivity index is 1.99. The van der Waals surface area contributed by atoms with Gasteiger partial charge in [0.05, 0.1) is 5.92 Å². The van der Waals surface area contributed by atoms with Crippen LogP contribution in [0.15, 0.2) is 72.8 Å². The van der Waals surface area contributed by atoms with Crippen LogP contribution in [0.3, 0.4) is 0 Å². The van der Waals surface area contributed by atoms with E-state index in [4.69, 9.17) is 11.6 Å². The Labute approximate surface area is 182 Å². The zero-order valence-electron chi connectivity index (χ0n) is 16.1. The molecular weight excluding hydrogens is 453 g/mol. The largest absolute Gasteiger partial charge is 0.534 e. The van der Waals surface area contributed by atoms with Crippen LogP contribution >= 0.6 is 11.6 Å². The van der Waals surface area contributed by atoms with E-state index < -0.39 is 27.3 Å². The van der Waals surface area contributed by atoms with E-state index in [1.807, 2.05) is 6.92 Å². The maximum atomic E-state index is 13.3. The number of alkyl halides is 3. The number of carbonyl (C=O) groups excluding carboxylic acids is 1. The molecule has 0 amide bonds. The van der Waals surface area contributed by atoms with Crippen LogP contribution in [0.5, 0.6) is 5.75 Å². The Morgan fingerprint density at radius 3 is 1.84 bits per heavy atom. The molecule has 1 atom stereocenters. The van der Waals surface area contributed by atoms with Gasteiger partial charge in [0.15, 0.2) is 5.78 Å². The maximum Gasteiger partial charge on any atom is 0.534 e. The van der Waals surface area contributed by atoms with Gasteiger partial charge < -0.3 is 4.18 Å². The Kier molecular flexibility index (Phi) is 6.43. The summed E-state index contributed by atoms with van der Waals surface area (Å²) in [6.45, 7) is 1.89. The van der Waals surface area contributed by atoms with Crippen molar-refractivity contribution in [3.63, 3.8) is 0 Å². The summed E-state index contributed by atoms with van der Waals surface area (Å²) in [5.41, 5.74) is -3.05. The fourth-order valence-corrected chi connectivity index (χ4v) is 3.51. The van der Waals surface area contributed by atoms with E-state index in [1.165, 1.54) is 12.1 Å². The molecule has 0 aliphatic rings. The first-order valence-electron chi connectivity index (χ1n) is 8.95. The first-order valence-corrected chi connectivity index (χ1v) is 10.7. The van der Waals surface area contributed by atoms with Crippen molar-refractivity contribution in [2.24, 2.45) is 0 Å². The van der Waals surface area contributed by atoms with Crippen LogP contribution in [0.2, 0.25) is 5.02 Å². The predicted octanol–water partition coefficient (Wildman–Crippen LogP) is 5.89. The topological polar surface area (TPSA) is 60.4 Å². The molecule has 0 aromatic heterocycles. The number of rotatable bonds is 6. The Bertz CT molecular complexity index is 1170. The molecule has 0 saturated carbocycles. The molecule has 0 aliphatic carbocycles. The van der Waals surface area contributed by atoms with Crippen molar-refractivity contribution in [3.05, 3.63) is 100 Å². The van der Waals surface area contributed by atoms with Crippen molar-refractivity contribution in [1.29, 1.82) is 0 Å². The summed E-state index contributed by atoms with van der Waals surface area (Å²) in [5, 5.41) is 0.478. The fraction of sp³-hybridized carbons (Fsp3) is 0.136. The van der Waals surface area contributed by atoms with E-state index in [1.54, 1.807) is 48.5 Å². The molecule has 162 valence electrons. The average molecular weight is 469 g/mol. The van der Waals surface area contributed by atoms with Crippen LogP contribution in [-0.2, 0) is 10.1 Å². The molecule has 0 fully saturated rings. The molecule has 0 N–H and O–H groups in total. The second-order valence-electron chi connectivity index (χ2n) is 6.77. The van der Waals surface area contributed by atoms with Crippen molar-refractivity contribution in [2.45, 2.75) is 18.3 Å². The van der Waals surface area contributed by atoms with Gasteiger partial charge in [0, 0.05) is 10.6 Å². The van der Waals surface area contributed by atoms with Gasteiger partial charge in [-0.2, -0.15) is 21.6 Å². The summed E-state index contributed by atoms with van der Waals surface area (Å²) in [5.74, 6) is -1.54. The van der Waals surface area contributed by atoms with E-state index in [0.29, 0.717) is 21.7 Å². The standard InChI is InChI=1S/C22H16ClF3O4S/c1-14-2-4-17(5-3-14)21(27)20(15-6-10-18(23)11-7-15)16-8-12-19(13-9-16)30-31(28,29)22(24,25)26/h2-13,20H,1H3. The average Bonchev–Trinajstić information content (AvgIpc) is 2.70. The monoisotopic (exact) mass is 468 g/mol. The normalized spacial score (nSPS) is 12.9. The van der Waals surface area contributed by atoms with Gasteiger partial charge in [-0.15, -0.1) is 0 Å². The van der Waals surface area contributed by atoms with Gasteiger partial charge in [-0.25, -0.2) is 0 Å². The van der Waals surface area contributed by atoms with Crippen LogP contribution in [-0.4, -0.2) is 19.7 Å². The molecular formula is C22H16ClF3O4S. The van der Waals surface area contributed by atoms with E-state index in [-0.39, 0.29) is 5.78 Å². The van der Waals surface area contributed by atoms with E-state index in [9.17, 15) is 26.4 Å². The number of ketones is 1. The zero-order chi connectivity index (χ0) is 22.8. The highest BCUT2D eigenvalue weighted by Crippen LogP contribution is 2.32. The molecule has 3 aromatic rings. The van der Waals surface area contributed by atoms with Crippen molar-refractivity contribution >= 4 is 27.5 Å². The summed E-state index contributed by atoms with van der Waals surface area (Å²) < 4.78 is 64.1. The minimum absolute atomic E-state index is 0.237. The SMILES string of the molecule is Cc1ccc(C(=O)C(c2ccc(Cl)cc2)c2ccc(OS(=O)(=O)C(F)(F)F)cc2)cc1. The lowest BCUT2D eigenvalue weighted by molar-refractivity contribution is -0.0500. The third kappa shape index (κ3) is 5.26. The number of halogens is 4. The highest BCUT2D eigenvalue weighted by atomic mass is 35.5. The third-order valence-electron chi connectivity index (χ3n) is 4.50. The minimum atomic E-state index is -5.79. The zero-order valence-corrected chi connectivity index (χ0v) is 17.6. The molecule has 9 heteroatoms. The van der Waals surface area contributed by atoms with E-state index in [2.05, 4.69) is 4.18 Å². The summed E-state index contributed by atoms with van der Waals surface area (Å²) in [4.78, 5) is 13.3. The number of aryl methyl sites for hydroxylation is 1. The van der Waals surface area contributed by atoms with Crippen molar-refractivity contribution in [1.82, 2.24) is 0 Å². The lowest BCUT2D eigenvalue weighted by atomic mass is 9.84. The molecule has 0 saturated heterocycles. The van der Waals surface area contributed by atoms with Gasteiger partial charge in [0.25, 0.3) is 0 Å². The highest BCUT2D eigenvalue weighted by Gasteiger charge is 2.48. The smallest absolute Gasteiger partial charge is 0.376 e. The van der Waals surface area contributed by atoms with Gasteiger partial charge in [-0.1, -0.05) is 65.7 Å². The third-order valence-corrected chi connectivity index (χ3v) is 5.74. The molecule has 4 nitrogen and oxygen atoms in total. The van der Waals surface area contributed by atoms with Gasteiger partial charge in [-0.3, -0.25) is 4.79 Å². The van der Waals surface area contributed by atoms with Crippen LogP contribution < -0.4 is 4.18 Å². The molecule has 0 radical (unpaired) electrons. The van der Waals surface area contributed by atoms with Gasteiger partial charge in [-0.05, 0) is 42.3 Å². The lowest BCUT2D eigenvalue weighted by Gasteiger charge is -2.18. The van der Waals surface area contributed by atoms with Gasteiger partial charge >= 0.3 is 15.6 Å².